The zero-order valence-corrected chi connectivity index (χ0v) is 11.5. The highest BCUT2D eigenvalue weighted by atomic mass is 32.1. The molecule has 0 amide bonds. The summed E-state index contributed by atoms with van der Waals surface area (Å²) in [4.78, 5) is 0. The highest BCUT2D eigenvalue weighted by Gasteiger charge is 2.11. The van der Waals surface area contributed by atoms with E-state index in [0.717, 1.165) is 5.56 Å². The molecule has 0 radical (unpaired) electrons. The molecule has 1 N–H and O–H groups in total. The second-order valence-corrected chi connectivity index (χ2v) is 4.23. The summed E-state index contributed by atoms with van der Waals surface area (Å²) < 4.78 is 25.7. The van der Waals surface area contributed by atoms with Crippen LogP contribution >= 0.6 is 12.2 Å². The molecule has 0 spiro atoms. The van der Waals surface area contributed by atoms with Crippen LogP contribution in [-0.4, -0.2) is 35.6 Å². The number of hydrogen-bond donors (Lipinski definition) is 1. The lowest BCUT2D eigenvalue weighted by molar-refractivity contribution is 0.187. The van der Waals surface area contributed by atoms with Gasteiger partial charge in [0.2, 0.25) is 0 Å². The molecule has 1 aromatic heterocycles. The van der Waals surface area contributed by atoms with Crippen molar-refractivity contribution in [2.75, 3.05) is 20.8 Å². The van der Waals surface area contributed by atoms with E-state index in [2.05, 4.69) is 10.2 Å². The monoisotopic (exact) mass is 283 g/mol. The zero-order chi connectivity index (χ0) is 13.8. The highest BCUT2D eigenvalue weighted by Crippen LogP contribution is 2.25. The van der Waals surface area contributed by atoms with E-state index in [1.165, 1.54) is 13.2 Å². The largest absolute Gasteiger partial charge is 0.494 e. The highest BCUT2D eigenvalue weighted by molar-refractivity contribution is 7.71. The average molecular weight is 283 g/mol. The lowest BCUT2D eigenvalue weighted by atomic mass is 10.2. The molecule has 0 fully saturated rings. The maximum absolute atomic E-state index is 13.4. The van der Waals surface area contributed by atoms with Gasteiger partial charge in [-0.3, -0.25) is 9.67 Å². The molecule has 0 saturated heterocycles. The van der Waals surface area contributed by atoms with Crippen LogP contribution < -0.4 is 4.74 Å². The summed E-state index contributed by atoms with van der Waals surface area (Å²) in [5, 5.41) is 6.88. The SMILES string of the molecule is COCCn1c(-c2ccc(F)c(OC)c2)n[nH]c1=S. The quantitative estimate of drug-likeness (QED) is 0.856. The van der Waals surface area contributed by atoms with Crippen LogP contribution in [0.5, 0.6) is 5.75 Å². The number of nitrogens with one attached hydrogen (secondary N) is 1. The van der Waals surface area contributed by atoms with Gasteiger partial charge in [-0.2, -0.15) is 5.10 Å². The number of H-pyrrole nitrogens is 1. The summed E-state index contributed by atoms with van der Waals surface area (Å²) >= 11 is 5.16. The smallest absolute Gasteiger partial charge is 0.195 e. The molecule has 7 heteroatoms. The first-order chi connectivity index (χ1) is 9.17. The Morgan fingerprint density at radius 2 is 2.21 bits per heavy atom. The molecule has 2 rings (SSSR count). The lowest BCUT2D eigenvalue weighted by Gasteiger charge is -2.08. The maximum Gasteiger partial charge on any atom is 0.195 e. The standard InChI is InChI=1S/C12H14FN3O2S/c1-17-6-5-16-11(14-15-12(16)19)8-3-4-9(13)10(7-8)18-2/h3-4,7H,5-6H2,1-2H3,(H,15,19). The lowest BCUT2D eigenvalue weighted by Crippen LogP contribution is -2.06. The van der Waals surface area contributed by atoms with Crippen molar-refractivity contribution in [3.8, 4) is 17.1 Å². The van der Waals surface area contributed by atoms with E-state index in [-0.39, 0.29) is 5.75 Å². The van der Waals surface area contributed by atoms with E-state index >= 15 is 0 Å². The third kappa shape index (κ3) is 2.82. The summed E-state index contributed by atoms with van der Waals surface area (Å²) in [6.45, 7) is 1.08. The summed E-state index contributed by atoms with van der Waals surface area (Å²) in [6.07, 6.45) is 0. The van der Waals surface area contributed by atoms with E-state index in [9.17, 15) is 4.39 Å². The number of methoxy groups -OCH3 is 2. The topological polar surface area (TPSA) is 52.1 Å². The minimum absolute atomic E-state index is 0.171. The van der Waals surface area contributed by atoms with Crippen molar-refractivity contribution in [3.05, 3.63) is 28.8 Å². The van der Waals surface area contributed by atoms with Gasteiger partial charge < -0.3 is 9.47 Å². The number of benzene rings is 1. The van der Waals surface area contributed by atoms with Crippen LogP contribution in [0.1, 0.15) is 0 Å². The minimum Gasteiger partial charge on any atom is -0.494 e. The number of nitrogens with zero attached hydrogens (tertiary/aromatic N) is 2. The predicted molar refractivity (Wildman–Crippen MR) is 71.2 cm³/mol. The molecule has 1 aromatic carbocycles. The molecule has 5 nitrogen and oxygen atoms in total. The predicted octanol–water partition coefficient (Wildman–Crippen LogP) is 2.40. The molecule has 0 saturated carbocycles. The van der Waals surface area contributed by atoms with E-state index in [1.807, 2.05) is 0 Å². The number of rotatable bonds is 5. The van der Waals surface area contributed by atoms with Crippen LogP contribution in [-0.2, 0) is 11.3 Å². The van der Waals surface area contributed by atoms with Gasteiger partial charge in [-0.05, 0) is 30.4 Å². The second kappa shape index (κ2) is 5.94. The Kier molecular flexibility index (Phi) is 4.28. The summed E-state index contributed by atoms with van der Waals surface area (Å²) in [6, 6.07) is 4.56. The normalized spacial score (nSPS) is 10.7. The Bertz CT molecular complexity index is 624. The summed E-state index contributed by atoms with van der Waals surface area (Å²) in [5.74, 6) is 0.383. The molecule has 1 heterocycles. The molecular formula is C12H14FN3O2S. The van der Waals surface area contributed by atoms with Crippen LogP contribution in [0, 0.1) is 10.6 Å². The molecule has 2 aromatic rings. The van der Waals surface area contributed by atoms with E-state index in [0.29, 0.717) is 23.7 Å². The van der Waals surface area contributed by atoms with Crippen LogP contribution in [0.3, 0.4) is 0 Å². The minimum atomic E-state index is -0.413. The first kappa shape index (κ1) is 13.7. The van der Waals surface area contributed by atoms with E-state index < -0.39 is 5.82 Å². The molecule has 19 heavy (non-hydrogen) atoms. The molecule has 0 aliphatic carbocycles. The second-order valence-electron chi connectivity index (χ2n) is 3.85. The van der Waals surface area contributed by atoms with Gasteiger partial charge in [-0.15, -0.1) is 0 Å². The van der Waals surface area contributed by atoms with Gasteiger partial charge in [-0.1, -0.05) is 0 Å². The van der Waals surface area contributed by atoms with Crippen molar-refractivity contribution < 1.29 is 13.9 Å². The van der Waals surface area contributed by atoms with Gasteiger partial charge in [0.15, 0.2) is 22.2 Å². The van der Waals surface area contributed by atoms with Crippen LogP contribution in [0.4, 0.5) is 4.39 Å². The average Bonchev–Trinajstić information content (AvgIpc) is 2.78. The Balaban J connectivity index is 2.44. The van der Waals surface area contributed by atoms with Crippen molar-refractivity contribution in [1.29, 1.82) is 0 Å². The van der Waals surface area contributed by atoms with Crippen LogP contribution in [0.25, 0.3) is 11.4 Å². The fourth-order valence-corrected chi connectivity index (χ4v) is 1.95. The number of aromatic amines is 1. The van der Waals surface area contributed by atoms with Gasteiger partial charge in [-0.25, -0.2) is 4.39 Å². The van der Waals surface area contributed by atoms with E-state index in [4.69, 9.17) is 21.7 Å². The van der Waals surface area contributed by atoms with Crippen molar-refractivity contribution in [1.82, 2.24) is 14.8 Å². The Hall–Kier alpha value is -1.73. The molecule has 0 bridgehead atoms. The Morgan fingerprint density at radius 1 is 1.42 bits per heavy atom. The van der Waals surface area contributed by atoms with E-state index in [1.54, 1.807) is 23.8 Å². The maximum atomic E-state index is 13.4. The third-order valence-corrected chi connectivity index (χ3v) is 3.00. The Morgan fingerprint density at radius 3 is 2.89 bits per heavy atom. The molecule has 102 valence electrons. The third-order valence-electron chi connectivity index (χ3n) is 2.69. The summed E-state index contributed by atoms with van der Waals surface area (Å²) in [7, 11) is 3.04. The molecule has 0 aliphatic rings. The van der Waals surface area contributed by atoms with Gasteiger partial charge in [0.25, 0.3) is 0 Å². The Labute approximate surface area is 115 Å². The van der Waals surface area contributed by atoms with Crippen LogP contribution in [0.2, 0.25) is 0 Å². The number of halogens is 1. The fourth-order valence-electron chi connectivity index (χ4n) is 1.73. The van der Waals surface area contributed by atoms with Crippen molar-refractivity contribution in [2.24, 2.45) is 0 Å². The van der Waals surface area contributed by atoms with Gasteiger partial charge in [0, 0.05) is 12.7 Å². The van der Waals surface area contributed by atoms with Gasteiger partial charge in [0.1, 0.15) is 0 Å². The van der Waals surface area contributed by atoms with Crippen LogP contribution in [0.15, 0.2) is 18.2 Å². The first-order valence-electron chi connectivity index (χ1n) is 5.65. The molecule has 0 aliphatic heterocycles. The fraction of sp³-hybridized carbons (Fsp3) is 0.333. The molecule has 0 unspecified atom stereocenters. The van der Waals surface area contributed by atoms with Crippen molar-refractivity contribution in [2.45, 2.75) is 6.54 Å². The van der Waals surface area contributed by atoms with Crippen molar-refractivity contribution in [3.63, 3.8) is 0 Å². The number of hydrogen-bond acceptors (Lipinski definition) is 4. The summed E-state index contributed by atoms with van der Waals surface area (Å²) in [5.41, 5.74) is 0.724. The number of ether oxygens (including phenoxy) is 2. The zero-order valence-electron chi connectivity index (χ0n) is 10.6. The van der Waals surface area contributed by atoms with Gasteiger partial charge >= 0.3 is 0 Å². The van der Waals surface area contributed by atoms with Gasteiger partial charge in [0.05, 0.1) is 20.3 Å². The van der Waals surface area contributed by atoms with Crippen molar-refractivity contribution >= 4 is 12.2 Å². The molecule has 0 atom stereocenters. The first-order valence-corrected chi connectivity index (χ1v) is 6.06. The molecular weight excluding hydrogens is 269 g/mol. The number of aromatic nitrogens is 3.